The Labute approximate surface area is 116 Å². The Balaban J connectivity index is 2.18. The molecule has 1 aliphatic rings. The van der Waals surface area contributed by atoms with E-state index in [-0.39, 0.29) is 11.6 Å². The van der Waals surface area contributed by atoms with Crippen LogP contribution in [0.25, 0.3) is 0 Å². The van der Waals surface area contributed by atoms with Crippen molar-refractivity contribution in [2.45, 2.75) is 32.4 Å². The number of nitrogens with one attached hydrogen (secondary N) is 1. The highest BCUT2D eigenvalue weighted by molar-refractivity contribution is 7.98. The van der Waals surface area contributed by atoms with Crippen LogP contribution >= 0.6 is 23.4 Å². The lowest BCUT2D eigenvalue weighted by atomic mass is 10.3. The number of halogens is 1. The minimum Gasteiger partial charge on any atom is -0.376 e. The van der Waals surface area contributed by atoms with E-state index in [0.29, 0.717) is 23.2 Å². The molecule has 1 aromatic heterocycles. The number of anilines is 1. The maximum absolute atomic E-state index is 12.2. The average Bonchev–Trinajstić information content (AvgIpc) is 3.13. The summed E-state index contributed by atoms with van der Waals surface area (Å²) in [5.41, 5.74) is 0.371. The maximum Gasteiger partial charge on any atom is 0.291 e. The Morgan fingerprint density at radius 3 is 3.00 bits per heavy atom. The van der Waals surface area contributed by atoms with Crippen molar-refractivity contribution in [3.8, 4) is 0 Å². The molecular formula is C12H18ClN3OS. The van der Waals surface area contributed by atoms with E-state index >= 15 is 0 Å². The lowest BCUT2D eigenvalue weighted by Gasteiger charge is -2.15. The van der Waals surface area contributed by atoms with E-state index < -0.39 is 0 Å². The summed E-state index contributed by atoms with van der Waals surface area (Å²) in [7, 11) is 0. The van der Waals surface area contributed by atoms with Crippen molar-refractivity contribution < 1.29 is 0 Å². The van der Waals surface area contributed by atoms with Crippen molar-refractivity contribution in [1.82, 2.24) is 9.78 Å². The van der Waals surface area contributed by atoms with E-state index in [4.69, 9.17) is 11.6 Å². The predicted octanol–water partition coefficient (Wildman–Crippen LogP) is 2.47. The standard InChI is InChI=1S/C12H18ClN3OS/c1-8(7-18-2)15-11-10(13)5-14-16(12(11)17)6-9-3-4-9/h5,8-9,15H,3-4,6-7H2,1-2H3. The van der Waals surface area contributed by atoms with Gasteiger partial charge in [0.1, 0.15) is 5.69 Å². The Morgan fingerprint density at radius 1 is 1.67 bits per heavy atom. The van der Waals surface area contributed by atoms with Gasteiger partial charge in [-0.15, -0.1) is 0 Å². The van der Waals surface area contributed by atoms with Gasteiger partial charge in [0.05, 0.1) is 11.2 Å². The van der Waals surface area contributed by atoms with Crippen LogP contribution in [0, 0.1) is 5.92 Å². The van der Waals surface area contributed by atoms with E-state index in [0.717, 1.165) is 5.75 Å². The second-order valence-electron chi connectivity index (χ2n) is 4.80. The lowest BCUT2D eigenvalue weighted by Crippen LogP contribution is -2.30. The molecule has 1 unspecified atom stereocenters. The molecule has 100 valence electrons. The van der Waals surface area contributed by atoms with E-state index in [1.807, 2.05) is 13.2 Å². The highest BCUT2D eigenvalue weighted by Gasteiger charge is 2.23. The third-order valence-corrected chi connectivity index (χ3v) is 4.05. The van der Waals surface area contributed by atoms with Crippen molar-refractivity contribution in [3.63, 3.8) is 0 Å². The molecule has 0 aromatic carbocycles. The maximum atomic E-state index is 12.2. The molecule has 1 saturated carbocycles. The Morgan fingerprint density at radius 2 is 2.39 bits per heavy atom. The van der Waals surface area contributed by atoms with E-state index in [9.17, 15) is 4.79 Å². The van der Waals surface area contributed by atoms with Crippen molar-refractivity contribution in [2.75, 3.05) is 17.3 Å². The van der Waals surface area contributed by atoms with Crippen molar-refractivity contribution >= 4 is 29.1 Å². The number of aromatic nitrogens is 2. The molecule has 4 nitrogen and oxygen atoms in total. The van der Waals surface area contributed by atoms with E-state index in [1.54, 1.807) is 18.0 Å². The SMILES string of the molecule is CSCC(C)Nc1c(Cl)cnn(CC2CC2)c1=O. The van der Waals surface area contributed by atoms with E-state index in [1.165, 1.54) is 17.5 Å². The van der Waals surface area contributed by atoms with Crippen LogP contribution in [-0.4, -0.2) is 27.8 Å². The zero-order chi connectivity index (χ0) is 13.1. The average molecular weight is 288 g/mol. The summed E-state index contributed by atoms with van der Waals surface area (Å²) in [5.74, 6) is 1.55. The summed E-state index contributed by atoms with van der Waals surface area (Å²) < 4.78 is 1.53. The highest BCUT2D eigenvalue weighted by Crippen LogP contribution is 2.30. The third-order valence-electron chi connectivity index (χ3n) is 2.93. The number of hydrogen-bond acceptors (Lipinski definition) is 4. The molecular weight excluding hydrogens is 270 g/mol. The molecule has 2 rings (SSSR count). The summed E-state index contributed by atoms with van der Waals surface area (Å²) in [5, 5.41) is 7.69. The fourth-order valence-corrected chi connectivity index (χ4v) is 2.57. The van der Waals surface area contributed by atoms with Crippen LogP contribution in [0.5, 0.6) is 0 Å². The molecule has 1 aromatic rings. The highest BCUT2D eigenvalue weighted by atomic mass is 35.5. The van der Waals surface area contributed by atoms with Crippen LogP contribution in [0.3, 0.4) is 0 Å². The van der Waals surface area contributed by atoms with Gasteiger partial charge in [-0.2, -0.15) is 16.9 Å². The van der Waals surface area contributed by atoms with Gasteiger partial charge in [0.15, 0.2) is 0 Å². The zero-order valence-electron chi connectivity index (χ0n) is 10.6. The minimum absolute atomic E-state index is 0.109. The van der Waals surface area contributed by atoms with Crippen LogP contribution in [0.2, 0.25) is 5.02 Å². The molecule has 0 radical (unpaired) electrons. The Hall–Kier alpha value is -0.680. The largest absolute Gasteiger partial charge is 0.376 e. The van der Waals surface area contributed by atoms with Crippen molar-refractivity contribution in [3.05, 3.63) is 21.6 Å². The summed E-state index contributed by atoms with van der Waals surface area (Å²) in [6.07, 6.45) is 5.99. The van der Waals surface area contributed by atoms with Crippen LogP contribution in [0.1, 0.15) is 19.8 Å². The van der Waals surface area contributed by atoms with Gasteiger partial charge in [-0.3, -0.25) is 4.79 Å². The molecule has 1 heterocycles. The number of rotatable bonds is 6. The van der Waals surface area contributed by atoms with Crippen LogP contribution in [0.15, 0.2) is 11.0 Å². The zero-order valence-corrected chi connectivity index (χ0v) is 12.2. The number of hydrogen-bond donors (Lipinski definition) is 1. The molecule has 1 fully saturated rings. The van der Waals surface area contributed by atoms with Gasteiger partial charge < -0.3 is 5.32 Å². The first-order valence-corrected chi connectivity index (χ1v) is 7.90. The first kappa shape index (κ1) is 13.7. The van der Waals surface area contributed by atoms with Crippen LogP contribution in [0.4, 0.5) is 5.69 Å². The van der Waals surface area contributed by atoms with E-state index in [2.05, 4.69) is 10.4 Å². The van der Waals surface area contributed by atoms with Crippen molar-refractivity contribution in [2.24, 2.45) is 5.92 Å². The first-order valence-electron chi connectivity index (χ1n) is 6.13. The summed E-state index contributed by atoms with van der Waals surface area (Å²) >= 11 is 7.79. The first-order chi connectivity index (χ1) is 8.61. The van der Waals surface area contributed by atoms with Gasteiger partial charge >= 0.3 is 0 Å². The molecule has 1 N–H and O–H groups in total. The Bertz CT molecular complexity index is 473. The molecule has 0 amide bonds. The molecule has 0 saturated heterocycles. The van der Waals surface area contributed by atoms with Crippen LogP contribution < -0.4 is 10.9 Å². The van der Waals surface area contributed by atoms with Gasteiger partial charge in [-0.25, -0.2) is 4.68 Å². The molecule has 6 heteroatoms. The third kappa shape index (κ3) is 3.42. The summed E-state index contributed by atoms with van der Waals surface area (Å²) in [6, 6.07) is 0.210. The predicted molar refractivity (Wildman–Crippen MR) is 77.7 cm³/mol. The smallest absolute Gasteiger partial charge is 0.291 e. The fraction of sp³-hybridized carbons (Fsp3) is 0.667. The molecule has 1 atom stereocenters. The number of nitrogens with zero attached hydrogens (tertiary/aromatic N) is 2. The fourth-order valence-electron chi connectivity index (χ4n) is 1.81. The van der Waals surface area contributed by atoms with Gasteiger partial charge in [-0.1, -0.05) is 11.6 Å². The van der Waals surface area contributed by atoms with Gasteiger partial charge in [-0.05, 0) is 31.9 Å². The normalized spacial score (nSPS) is 16.6. The molecule has 18 heavy (non-hydrogen) atoms. The van der Waals surface area contributed by atoms with Gasteiger partial charge in [0, 0.05) is 18.3 Å². The van der Waals surface area contributed by atoms with Crippen LogP contribution in [-0.2, 0) is 6.54 Å². The minimum atomic E-state index is -0.109. The molecule has 1 aliphatic carbocycles. The second kappa shape index (κ2) is 5.97. The second-order valence-corrected chi connectivity index (χ2v) is 6.12. The monoisotopic (exact) mass is 287 g/mol. The summed E-state index contributed by atoms with van der Waals surface area (Å²) in [4.78, 5) is 12.2. The van der Waals surface area contributed by atoms with Gasteiger partial charge in [0.25, 0.3) is 5.56 Å². The number of thioether (sulfide) groups is 1. The molecule has 0 aliphatic heterocycles. The molecule has 0 spiro atoms. The summed E-state index contributed by atoms with van der Waals surface area (Å²) in [6.45, 7) is 2.75. The lowest BCUT2D eigenvalue weighted by molar-refractivity contribution is 0.534. The quantitative estimate of drug-likeness (QED) is 0.873. The van der Waals surface area contributed by atoms with Gasteiger partial charge in [0.2, 0.25) is 0 Å². The Kier molecular flexibility index (Phi) is 4.56. The van der Waals surface area contributed by atoms with Crippen molar-refractivity contribution in [1.29, 1.82) is 0 Å². The molecule has 0 bridgehead atoms. The topological polar surface area (TPSA) is 46.9 Å².